The second-order valence-corrected chi connectivity index (χ2v) is 7.40. The predicted octanol–water partition coefficient (Wildman–Crippen LogP) is 6.12. The van der Waals surface area contributed by atoms with Gasteiger partial charge in [-0.2, -0.15) is 0 Å². The summed E-state index contributed by atoms with van der Waals surface area (Å²) in [5, 5.41) is 3.74. The van der Waals surface area contributed by atoms with E-state index in [-0.39, 0.29) is 6.61 Å². The van der Waals surface area contributed by atoms with Crippen LogP contribution >= 0.6 is 27.5 Å². The van der Waals surface area contributed by atoms with E-state index in [4.69, 9.17) is 21.1 Å². The molecule has 0 heterocycles. The summed E-state index contributed by atoms with van der Waals surface area (Å²) in [6.07, 6.45) is 0. The maximum atomic E-state index is 14.1. The maximum Gasteiger partial charge on any atom is 0.167 e. The Hall–Kier alpha value is -2.08. The number of nitrogens with one attached hydrogen (secondary N) is 1. The van der Waals surface area contributed by atoms with Gasteiger partial charge in [-0.15, -0.1) is 0 Å². The maximum absolute atomic E-state index is 14.1. The molecule has 0 saturated heterocycles. The minimum Gasteiger partial charge on any atom is -0.493 e. The summed E-state index contributed by atoms with van der Waals surface area (Å²) in [7, 11) is 1.58. The SMILES string of the molecule is COc1ccc(Br)c(CNCc2ccccc2)c1OCc1c(F)cccc1Cl. The summed E-state index contributed by atoms with van der Waals surface area (Å²) in [6, 6.07) is 18.4. The highest BCUT2D eigenvalue weighted by Gasteiger charge is 2.16. The van der Waals surface area contributed by atoms with Gasteiger partial charge in [0, 0.05) is 28.7 Å². The number of halogens is 3. The third-order valence-electron chi connectivity index (χ3n) is 4.28. The van der Waals surface area contributed by atoms with Crippen LogP contribution in [0.15, 0.2) is 65.1 Å². The van der Waals surface area contributed by atoms with Crippen molar-refractivity contribution in [2.45, 2.75) is 19.7 Å². The summed E-state index contributed by atoms with van der Waals surface area (Å²) in [6.45, 7) is 1.26. The van der Waals surface area contributed by atoms with Crippen molar-refractivity contribution in [1.82, 2.24) is 5.32 Å². The average molecular weight is 465 g/mol. The fourth-order valence-electron chi connectivity index (χ4n) is 2.81. The van der Waals surface area contributed by atoms with Crippen LogP contribution in [0.1, 0.15) is 16.7 Å². The van der Waals surface area contributed by atoms with E-state index in [2.05, 4.69) is 33.4 Å². The number of rotatable bonds is 8. The highest BCUT2D eigenvalue weighted by Crippen LogP contribution is 2.37. The Morgan fingerprint density at radius 1 is 0.964 bits per heavy atom. The van der Waals surface area contributed by atoms with Crippen molar-refractivity contribution in [3.8, 4) is 11.5 Å². The summed E-state index contributed by atoms with van der Waals surface area (Å²) in [5.41, 5.74) is 2.39. The van der Waals surface area contributed by atoms with Crippen LogP contribution in [0.5, 0.6) is 11.5 Å². The molecule has 0 fully saturated rings. The van der Waals surface area contributed by atoms with Gasteiger partial charge >= 0.3 is 0 Å². The van der Waals surface area contributed by atoms with Crippen molar-refractivity contribution < 1.29 is 13.9 Å². The quantitative estimate of drug-likeness (QED) is 0.436. The second kappa shape index (κ2) is 9.92. The molecule has 0 aliphatic heterocycles. The van der Waals surface area contributed by atoms with E-state index in [9.17, 15) is 4.39 Å². The topological polar surface area (TPSA) is 30.5 Å². The van der Waals surface area contributed by atoms with E-state index in [1.165, 1.54) is 11.6 Å². The number of hydrogen-bond acceptors (Lipinski definition) is 3. The van der Waals surface area contributed by atoms with Gasteiger partial charge in [0.1, 0.15) is 12.4 Å². The molecule has 3 aromatic carbocycles. The van der Waals surface area contributed by atoms with Gasteiger partial charge in [0.15, 0.2) is 11.5 Å². The first kappa shape index (κ1) is 20.6. The summed E-state index contributed by atoms with van der Waals surface area (Å²) < 4.78 is 26.4. The fraction of sp³-hybridized carbons (Fsp3) is 0.182. The van der Waals surface area contributed by atoms with Crippen molar-refractivity contribution in [2.24, 2.45) is 0 Å². The molecule has 3 nitrogen and oxygen atoms in total. The van der Waals surface area contributed by atoms with Crippen LogP contribution in [-0.2, 0) is 19.7 Å². The largest absolute Gasteiger partial charge is 0.493 e. The summed E-state index contributed by atoms with van der Waals surface area (Å²) in [5.74, 6) is 0.731. The van der Waals surface area contributed by atoms with Crippen molar-refractivity contribution >= 4 is 27.5 Å². The third kappa shape index (κ3) is 5.04. The normalized spacial score (nSPS) is 10.7. The Balaban J connectivity index is 1.79. The monoisotopic (exact) mass is 463 g/mol. The lowest BCUT2D eigenvalue weighted by molar-refractivity contribution is 0.276. The van der Waals surface area contributed by atoms with Crippen LogP contribution in [0, 0.1) is 5.82 Å². The summed E-state index contributed by atoms with van der Waals surface area (Å²) in [4.78, 5) is 0. The molecular weight excluding hydrogens is 445 g/mol. The Kier molecular flexibility index (Phi) is 7.31. The van der Waals surface area contributed by atoms with E-state index in [1.807, 2.05) is 30.3 Å². The first-order valence-corrected chi connectivity index (χ1v) is 9.93. The zero-order valence-electron chi connectivity index (χ0n) is 15.3. The van der Waals surface area contributed by atoms with Gasteiger partial charge in [0.2, 0.25) is 0 Å². The molecule has 0 atom stereocenters. The number of methoxy groups -OCH3 is 1. The van der Waals surface area contributed by atoms with Crippen LogP contribution in [-0.4, -0.2) is 7.11 Å². The van der Waals surface area contributed by atoms with Gasteiger partial charge in [-0.25, -0.2) is 4.39 Å². The van der Waals surface area contributed by atoms with Crippen LogP contribution < -0.4 is 14.8 Å². The molecule has 0 aliphatic carbocycles. The van der Waals surface area contributed by atoms with Gasteiger partial charge in [-0.1, -0.05) is 63.9 Å². The summed E-state index contributed by atoms with van der Waals surface area (Å²) >= 11 is 9.70. The van der Waals surface area contributed by atoms with E-state index >= 15 is 0 Å². The minimum absolute atomic E-state index is 0.00397. The molecule has 1 N–H and O–H groups in total. The third-order valence-corrected chi connectivity index (χ3v) is 5.38. The first-order chi connectivity index (χ1) is 13.6. The molecule has 0 unspecified atom stereocenters. The molecule has 0 amide bonds. The van der Waals surface area contributed by atoms with Gasteiger partial charge in [-0.05, 0) is 29.8 Å². The standard InChI is InChI=1S/C22H20BrClFNO2/c1-27-21-11-10-18(23)16(13-26-12-15-6-3-2-4-7-15)22(21)28-14-17-19(24)8-5-9-20(17)25/h2-11,26H,12-14H2,1H3. The van der Waals surface area contributed by atoms with Crippen molar-refractivity contribution in [3.05, 3.63) is 92.7 Å². The van der Waals surface area contributed by atoms with Crippen molar-refractivity contribution in [3.63, 3.8) is 0 Å². The van der Waals surface area contributed by atoms with Gasteiger partial charge in [0.25, 0.3) is 0 Å². The zero-order chi connectivity index (χ0) is 19.9. The highest BCUT2D eigenvalue weighted by molar-refractivity contribution is 9.10. The van der Waals surface area contributed by atoms with Crippen molar-refractivity contribution in [2.75, 3.05) is 7.11 Å². The highest BCUT2D eigenvalue weighted by atomic mass is 79.9. The lowest BCUT2D eigenvalue weighted by atomic mass is 10.1. The number of hydrogen-bond donors (Lipinski definition) is 1. The molecule has 6 heteroatoms. The van der Waals surface area contributed by atoms with E-state index in [1.54, 1.807) is 19.2 Å². The smallest absolute Gasteiger partial charge is 0.167 e. The van der Waals surface area contributed by atoms with Crippen molar-refractivity contribution in [1.29, 1.82) is 0 Å². The van der Waals surface area contributed by atoms with E-state index in [0.717, 1.165) is 10.0 Å². The zero-order valence-corrected chi connectivity index (χ0v) is 17.7. The van der Waals surface area contributed by atoms with Gasteiger partial charge in [0.05, 0.1) is 12.1 Å². The number of benzene rings is 3. The molecule has 3 rings (SSSR count). The average Bonchev–Trinajstić information content (AvgIpc) is 2.70. The Morgan fingerprint density at radius 2 is 1.75 bits per heavy atom. The minimum atomic E-state index is -0.398. The van der Waals surface area contributed by atoms with Crippen LogP contribution in [0.25, 0.3) is 0 Å². The Labute approximate surface area is 177 Å². The molecule has 0 radical (unpaired) electrons. The van der Waals surface area contributed by atoms with Crippen LogP contribution in [0.4, 0.5) is 4.39 Å². The lowest BCUT2D eigenvalue weighted by Gasteiger charge is -2.18. The first-order valence-electron chi connectivity index (χ1n) is 8.76. The molecule has 0 aliphatic rings. The molecule has 0 aromatic heterocycles. The Bertz CT molecular complexity index is 917. The van der Waals surface area contributed by atoms with Gasteiger partial charge < -0.3 is 14.8 Å². The molecular formula is C22H20BrClFNO2. The van der Waals surface area contributed by atoms with Gasteiger partial charge in [-0.3, -0.25) is 0 Å². The molecule has 146 valence electrons. The van der Waals surface area contributed by atoms with E-state index < -0.39 is 5.82 Å². The number of ether oxygens (including phenoxy) is 2. The fourth-order valence-corrected chi connectivity index (χ4v) is 3.48. The van der Waals surface area contributed by atoms with Crippen LogP contribution in [0.3, 0.4) is 0 Å². The Morgan fingerprint density at radius 3 is 2.46 bits per heavy atom. The molecule has 28 heavy (non-hydrogen) atoms. The molecule has 3 aromatic rings. The molecule has 0 spiro atoms. The molecule has 0 saturated carbocycles. The predicted molar refractivity (Wildman–Crippen MR) is 113 cm³/mol. The van der Waals surface area contributed by atoms with Crippen LogP contribution in [0.2, 0.25) is 5.02 Å². The molecule has 0 bridgehead atoms. The lowest BCUT2D eigenvalue weighted by Crippen LogP contribution is -2.14. The second-order valence-electron chi connectivity index (χ2n) is 6.14. The van der Waals surface area contributed by atoms with E-state index in [0.29, 0.717) is 35.2 Å².